The van der Waals surface area contributed by atoms with E-state index in [0.29, 0.717) is 5.69 Å². The number of aromatic nitrogens is 3. The number of ether oxygens (including phenoxy) is 1. The van der Waals surface area contributed by atoms with Crippen LogP contribution in [0.15, 0.2) is 48.5 Å². The number of para-hydroxylation sites is 1. The number of nitrogens with zero attached hydrogens (tertiary/aromatic N) is 3. The molecule has 0 aliphatic rings. The third-order valence-corrected chi connectivity index (χ3v) is 3.20. The summed E-state index contributed by atoms with van der Waals surface area (Å²) in [7, 11) is 1.59. The molecule has 0 saturated carbocycles. The lowest BCUT2D eigenvalue weighted by atomic mass is 10.1. The van der Waals surface area contributed by atoms with Crippen molar-refractivity contribution in [1.29, 1.82) is 0 Å². The second-order valence-corrected chi connectivity index (χ2v) is 4.70. The smallest absolute Gasteiger partial charge is 0.247 e. The summed E-state index contributed by atoms with van der Waals surface area (Å²) in [5.41, 5.74) is 7.33. The van der Waals surface area contributed by atoms with Crippen LogP contribution in [-0.4, -0.2) is 22.3 Å². The molecule has 0 aliphatic carbocycles. The molecule has 23 heavy (non-hydrogen) atoms. The average Bonchev–Trinajstić information content (AvgIpc) is 2.59. The number of hydrogen-bond acceptors (Lipinski definition) is 6. The van der Waals surface area contributed by atoms with E-state index in [1.807, 2.05) is 12.1 Å². The van der Waals surface area contributed by atoms with E-state index in [1.165, 1.54) is 6.07 Å². The molecule has 7 heteroatoms. The minimum atomic E-state index is -0.404. The van der Waals surface area contributed by atoms with Crippen LogP contribution in [0.1, 0.15) is 0 Å². The van der Waals surface area contributed by atoms with E-state index in [0.717, 1.165) is 11.3 Å². The standard InChI is InChI=1S/C16H14FN5O/c1-23-11-8-6-10(7-9-11)14-15(18)21-22-16(20-14)19-13-5-3-2-4-12(13)17/h2-9H,1H3,(H2,18,21)(H,19,20,22). The van der Waals surface area contributed by atoms with Crippen LogP contribution in [0.25, 0.3) is 11.3 Å². The monoisotopic (exact) mass is 311 g/mol. The van der Waals surface area contributed by atoms with E-state index >= 15 is 0 Å². The van der Waals surface area contributed by atoms with Crippen molar-refractivity contribution in [2.24, 2.45) is 0 Å². The maximum atomic E-state index is 13.7. The van der Waals surface area contributed by atoms with E-state index in [2.05, 4.69) is 20.5 Å². The number of rotatable bonds is 4. The van der Waals surface area contributed by atoms with E-state index in [-0.39, 0.29) is 17.5 Å². The Labute approximate surface area is 132 Å². The highest BCUT2D eigenvalue weighted by atomic mass is 19.1. The van der Waals surface area contributed by atoms with Gasteiger partial charge in [0.05, 0.1) is 12.8 Å². The van der Waals surface area contributed by atoms with Crippen LogP contribution in [0.3, 0.4) is 0 Å². The van der Waals surface area contributed by atoms with Gasteiger partial charge in [0.25, 0.3) is 0 Å². The first-order chi connectivity index (χ1) is 11.2. The maximum absolute atomic E-state index is 13.7. The first kappa shape index (κ1) is 14.7. The molecule has 1 aromatic heterocycles. The van der Waals surface area contributed by atoms with Crippen LogP contribution in [0, 0.1) is 5.82 Å². The molecular formula is C16H14FN5O. The topological polar surface area (TPSA) is 86.0 Å². The highest BCUT2D eigenvalue weighted by Gasteiger charge is 2.10. The number of anilines is 3. The van der Waals surface area contributed by atoms with Gasteiger partial charge in [-0.1, -0.05) is 12.1 Å². The highest BCUT2D eigenvalue weighted by Crippen LogP contribution is 2.25. The number of nitrogens with two attached hydrogens (primary N) is 1. The molecule has 0 spiro atoms. The molecule has 0 radical (unpaired) electrons. The number of nitrogens with one attached hydrogen (secondary N) is 1. The molecule has 116 valence electrons. The average molecular weight is 311 g/mol. The lowest BCUT2D eigenvalue weighted by Crippen LogP contribution is -2.05. The number of hydrogen-bond donors (Lipinski definition) is 2. The molecule has 0 bridgehead atoms. The van der Waals surface area contributed by atoms with Crippen LogP contribution in [0.2, 0.25) is 0 Å². The van der Waals surface area contributed by atoms with Crippen molar-refractivity contribution in [3.8, 4) is 17.0 Å². The number of halogens is 1. The Hall–Kier alpha value is -3.22. The minimum Gasteiger partial charge on any atom is -0.497 e. The van der Waals surface area contributed by atoms with Gasteiger partial charge in [0.15, 0.2) is 5.82 Å². The quantitative estimate of drug-likeness (QED) is 0.770. The summed E-state index contributed by atoms with van der Waals surface area (Å²) in [6, 6.07) is 13.4. The highest BCUT2D eigenvalue weighted by molar-refractivity contribution is 5.71. The van der Waals surface area contributed by atoms with E-state index in [9.17, 15) is 4.39 Å². The SMILES string of the molecule is COc1ccc(-c2nc(Nc3ccccc3F)nnc2N)cc1. The minimum absolute atomic E-state index is 0.162. The van der Waals surface area contributed by atoms with Crippen LogP contribution in [0.5, 0.6) is 5.75 Å². The van der Waals surface area contributed by atoms with Crippen LogP contribution in [-0.2, 0) is 0 Å². The zero-order valence-electron chi connectivity index (χ0n) is 12.3. The van der Waals surface area contributed by atoms with Gasteiger partial charge in [-0.25, -0.2) is 9.37 Å². The van der Waals surface area contributed by atoms with Crippen molar-refractivity contribution in [1.82, 2.24) is 15.2 Å². The Morgan fingerprint density at radius 3 is 2.48 bits per heavy atom. The van der Waals surface area contributed by atoms with Crippen molar-refractivity contribution in [2.75, 3.05) is 18.2 Å². The van der Waals surface area contributed by atoms with Gasteiger partial charge in [0.2, 0.25) is 5.95 Å². The van der Waals surface area contributed by atoms with Crippen molar-refractivity contribution < 1.29 is 9.13 Å². The molecule has 0 fully saturated rings. The molecule has 3 aromatic rings. The second kappa shape index (κ2) is 6.27. The van der Waals surface area contributed by atoms with Crippen LogP contribution >= 0.6 is 0 Å². The largest absolute Gasteiger partial charge is 0.497 e. The fourth-order valence-corrected chi connectivity index (χ4v) is 2.03. The number of benzene rings is 2. The van der Waals surface area contributed by atoms with Crippen LogP contribution < -0.4 is 15.8 Å². The number of nitrogen functional groups attached to an aromatic ring is 1. The zero-order valence-corrected chi connectivity index (χ0v) is 12.3. The molecule has 0 unspecified atom stereocenters. The molecule has 0 amide bonds. The second-order valence-electron chi connectivity index (χ2n) is 4.70. The molecule has 0 atom stereocenters. The van der Waals surface area contributed by atoms with Gasteiger partial charge < -0.3 is 15.8 Å². The molecule has 1 heterocycles. The normalized spacial score (nSPS) is 10.3. The molecular weight excluding hydrogens is 297 g/mol. The van der Waals surface area contributed by atoms with Crippen LogP contribution in [0.4, 0.5) is 21.8 Å². The Balaban J connectivity index is 1.94. The van der Waals surface area contributed by atoms with E-state index in [1.54, 1.807) is 37.4 Å². The van der Waals surface area contributed by atoms with Gasteiger partial charge in [-0.15, -0.1) is 10.2 Å². The van der Waals surface area contributed by atoms with Gasteiger partial charge in [0.1, 0.15) is 17.3 Å². The lowest BCUT2D eigenvalue weighted by Gasteiger charge is -2.09. The van der Waals surface area contributed by atoms with Gasteiger partial charge in [-0.05, 0) is 36.4 Å². The Morgan fingerprint density at radius 2 is 1.78 bits per heavy atom. The zero-order chi connectivity index (χ0) is 16.2. The fourth-order valence-electron chi connectivity index (χ4n) is 2.03. The summed E-state index contributed by atoms with van der Waals surface area (Å²) in [5.74, 6) is 0.669. The van der Waals surface area contributed by atoms with Gasteiger partial charge >= 0.3 is 0 Å². The van der Waals surface area contributed by atoms with Gasteiger partial charge in [0, 0.05) is 5.56 Å². The van der Waals surface area contributed by atoms with Crippen molar-refractivity contribution in [3.63, 3.8) is 0 Å². The van der Waals surface area contributed by atoms with Crippen molar-refractivity contribution >= 4 is 17.5 Å². The Morgan fingerprint density at radius 1 is 1.04 bits per heavy atom. The molecule has 3 rings (SSSR count). The predicted octanol–water partition coefficient (Wildman–Crippen LogP) is 3.01. The van der Waals surface area contributed by atoms with Gasteiger partial charge in [-0.3, -0.25) is 0 Å². The van der Waals surface area contributed by atoms with Crippen molar-refractivity contribution in [3.05, 3.63) is 54.3 Å². The molecule has 3 N–H and O–H groups in total. The third-order valence-electron chi connectivity index (χ3n) is 3.20. The van der Waals surface area contributed by atoms with E-state index < -0.39 is 5.82 Å². The maximum Gasteiger partial charge on any atom is 0.247 e. The molecule has 0 aliphatic heterocycles. The Kier molecular flexibility index (Phi) is 4.01. The first-order valence-corrected chi connectivity index (χ1v) is 6.83. The lowest BCUT2D eigenvalue weighted by molar-refractivity contribution is 0.415. The molecule has 6 nitrogen and oxygen atoms in total. The third kappa shape index (κ3) is 3.18. The Bertz CT molecular complexity index is 823. The predicted molar refractivity (Wildman–Crippen MR) is 85.9 cm³/mol. The first-order valence-electron chi connectivity index (χ1n) is 6.83. The van der Waals surface area contributed by atoms with Crippen molar-refractivity contribution in [2.45, 2.75) is 0 Å². The number of methoxy groups -OCH3 is 1. The fraction of sp³-hybridized carbons (Fsp3) is 0.0625. The molecule has 2 aromatic carbocycles. The summed E-state index contributed by atoms with van der Waals surface area (Å²) in [5, 5.41) is 10.5. The van der Waals surface area contributed by atoms with E-state index in [4.69, 9.17) is 10.5 Å². The summed E-state index contributed by atoms with van der Waals surface area (Å²) in [4.78, 5) is 4.32. The van der Waals surface area contributed by atoms with Gasteiger partial charge in [-0.2, -0.15) is 0 Å². The summed E-state index contributed by atoms with van der Waals surface area (Å²) in [6.45, 7) is 0. The summed E-state index contributed by atoms with van der Waals surface area (Å²) >= 11 is 0. The summed E-state index contributed by atoms with van der Waals surface area (Å²) in [6.07, 6.45) is 0. The summed E-state index contributed by atoms with van der Waals surface area (Å²) < 4.78 is 18.8. The molecule has 0 saturated heterocycles.